The molecule has 4 N–H and O–H groups in total. The van der Waals surface area contributed by atoms with Gasteiger partial charge in [0.1, 0.15) is 5.82 Å². The Labute approximate surface area is 156 Å². The third-order valence-electron chi connectivity index (χ3n) is 4.69. The van der Waals surface area contributed by atoms with Crippen molar-refractivity contribution < 1.29 is 9.59 Å². The maximum Gasteiger partial charge on any atom is 0.340 e. The number of aryl methyl sites for hydroxylation is 1. The topological polar surface area (TPSA) is 123 Å². The van der Waals surface area contributed by atoms with Crippen LogP contribution >= 0.6 is 0 Å². The molecular weight excluding hydrogens is 348 g/mol. The third kappa shape index (κ3) is 5.04. The summed E-state index contributed by atoms with van der Waals surface area (Å²) in [6.07, 6.45) is 0.503. The monoisotopic (exact) mass is 372 g/mol. The summed E-state index contributed by atoms with van der Waals surface area (Å²) >= 11 is 0. The van der Waals surface area contributed by atoms with Gasteiger partial charge in [0.2, 0.25) is 11.8 Å². The molecule has 3 rings (SSSR count). The van der Waals surface area contributed by atoms with Gasteiger partial charge in [0.05, 0.1) is 12.5 Å². The number of H-pyrrole nitrogens is 2. The van der Waals surface area contributed by atoms with E-state index in [4.69, 9.17) is 0 Å². The third-order valence-corrected chi connectivity index (χ3v) is 4.69. The Morgan fingerprint density at radius 2 is 2.15 bits per heavy atom. The molecule has 1 unspecified atom stereocenters. The fourth-order valence-corrected chi connectivity index (χ4v) is 3.17. The number of carbonyl (C=O) groups is 2. The van der Waals surface area contributed by atoms with Gasteiger partial charge in [-0.2, -0.15) is 5.10 Å². The molecule has 1 fully saturated rings. The highest BCUT2D eigenvalue weighted by Crippen LogP contribution is 2.16. The van der Waals surface area contributed by atoms with E-state index in [-0.39, 0.29) is 23.9 Å². The number of nitrogens with one attached hydrogen (secondary N) is 4. The molecule has 1 saturated heterocycles. The number of aromatic amines is 2. The Bertz CT molecular complexity index is 859. The number of benzene rings is 1. The first kappa shape index (κ1) is 18.8. The quantitative estimate of drug-likeness (QED) is 0.520. The number of nitrogens with zero attached hydrogens (tertiary/aromatic N) is 2. The van der Waals surface area contributed by atoms with Gasteiger partial charge in [-0.1, -0.05) is 24.3 Å². The predicted molar refractivity (Wildman–Crippen MR) is 98.9 cm³/mol. The zero-order valence-corrected chi connectivity index (χ0v) is 15.2. The van der Waals surface area contributed by atoms with Crippen LogP contribution in [0.4, 0.5) is 0 Å². The summed E-state index contributed by atoms with van der Waals surface area (Å²) in [4.78, 5) is 40.2. The zero-order valence-electron chi connectivity index (χ0n) is 15.2. The second kappa shape index (κ2) is 8.63. The van der Waals surface area contributed by atoms with Crippen LogP contribution in [0.3, 0.4) is 0 Å². The van der Waals surface area contributed by atoms with E-state index in [0.29, 0.717) is 38.4 Å². The van der Waals surface area contributed by atoms with Crippen LogP contribution in [0.5, 0.6) is 0 Å². The summed E-state index contributed by atoms with van der Waals surface area (Å²) in [6.45, 7) is 4.29. The van der Waals surface area contributed by atoms with Gasteiger partial charge in [0, 0.05) is 32.6 Å². The maximum absolute atomic E-state index is 12.3. The van der Waals surface area contributed by atoms with Crippen molar-refractivity contribution in [3.63, 3.8) is 0 Å². The van der Waals surface area contributed by atoms with Crippen LogP contribution in [0.2, 0.25) is 0 Å². The number of rotatable bonds is 7. The average molecular weight is 372 g/mol. The summed E-state index contributed by atoms with van der Waals surface area (Å²) in [7, 11) is 0. The number of hydrogen-bond donors (Lipinski definition) is 4. The van der Waals surface area contributed by atoms with Gasteiger partial charge in [-0.25, -0.2) is 9.89 Å². The second-order valence-electron chi connectivity index (χ2n) is 6.63. The Hall–Kier alpha value is -2.94. The Morgan fingerprint density at radius 3 is 2.89 bits per heavy atom. The minimum absolute atomic E-state index is 0.0921. The molecule has 0 aliphatic carbocycles. The molecule has 0 bridgehead atoms. The van der Waals surface area contributed by atoms with Crippen molar-refractivity contribution in [3.8, 4) is 0 Å². The molecule has 144 valence electrons. The molecule has 9 heteroatoms. The lowest BCUT2D eigenvalue weighted by molar-refractivity contribution is -0.134. The smallest absolute Gasteiger partial charge is 0.340 e. The summed E-state index contributed by atoms with van der Waals surface area (Å²) < 4.78 is 0. The fourth-order valence-electron chi connectivity index (χ4n) is 3.17. The highest BCUT2D eigenvalue weighted by atomic mass is 16.2. The van der Waals surface area contributed by atoms with Gasteiger partial charge < -0.3 is 10.6 Å². The molecule has 1 atom stereocenters. The average Bonchev–Trinajstić information content (AvgIpc) is 3.05. The van der Waals surface area contributed by atoms with Crippen molar-refractivity contribution in [2.24, 2.45) is 0 Å². The number of carbonyl (C=O) groups excluding carboxylic acids is 2. The minimum Gasteiger partial charge on any atom is -0.356 e. The lowest BCUT2D eigenvalue weighted by Crippen LogP contribution is -2.56. The largest absolute Gasteiger partial charge is 0.356 e. The van der Waals surface area contributed by atoms with Crippen molar-refractivity contribution in [2.45, 2.75) is 32.4 Å². The van der Waals surface area contributed by atoms with Crippen molar-refractivity contribution in [2.75, 3.05) is 19.6 Å². The summed E-state index contributed by atoms with van der Waals surface area (Å²) in [5.74, 6) is 0.156. The van der Waals surface area contributed by atoms with Gasteiger partial charge in [-0.3, -0.25) is 19.5 Å². The fraction of sp³-hybridized carbons (Fsp3) is 0.444. The van der Waals surface area contributed by atoms with Crippen LogP contribution < -0.4 is 16.3 Å². The lowest BCUT2D eigenvalue weighted by atomic mass is 10.0. The van der Waals surface area contributed by atoms with Crippen molar-refractivity contribution in [1.29, 1.82) is 0 Å². The van der Waals surface area contributed by atoms with E-state index in [0.717, 1.165) is 5.56 Å². The summed E-state index contributed by atoms with van der Waals surface area (Å²) in [6, 6.07) is 7.56. The van der Waals surface area contributed by atoms with Gasteiger partial charge >= 0.3 is 5.69 Å². The Balaban J connectivity index is 1.56. The van der Waals surface area contributed by atoms with E-state index < -0.39 is 6.04 Å². The van der Waals surface area contributed by atoms with E-state index in [9.17, 15) is 14.4 Å². The lowest BCUT2D eigenvalue weighted by Gasteiger charge is -2.35. The molecule has 1 aliphatic rings. The predicted octanol–water partition coefficient (Wildman–Crippen LogP) is -0.544. The molecule has 9 nitrogen and oxygen atoms in total. The SMILES string of the molecule is Cc1ccccc1CN1CCNC(=O)C1CC(=O)NCCc1n[nH]c(=O)[nH]1. The molecule has 0 radical (unpaired) electrons. The molecule has 1 aromatic carbocycles. The van der Waals surface area contributed by atoms with Crippen molar-refractivity contribution in [3.05, 3.63) is 51.7 Å². The molecule has 0 spiro atoms. The molecule has 27 heavy (non-hydrogen) atoms. The zero-order chi connectivity index (χ0) is 19.2. The summed E-state index contributed by atoms with van der Waals surface area (Å²) in [5.41, 5.74) is 1.95. The first-order valence-electron chi connectivity index (χ1n) is 8.99. The Morgan fingerprint density at radius 1 is 1.33 bits per heavy atom. The van der Waals surface area contributed by atoms with Gasteiger partial charge in [0.15, 0.2) is 0 Å². The van der Waals surface area contributed by atoms with Crippen LogP contribution in [0.25, 0.3) is 0 Å². The number of amides is 2. The number of piperazine rings is 1. The number of aromatic nitrogens is 3. The van der Waals surface area contributed by atoms with Crippen LogP contribution in [0.1, 0.15) is 23.4 Å². The van der Waals surface area contributed by atoms with E-state index in [1.807, 2.05) is 36.1 Å². The van der Waals surface area contributed by atoms with Crippen molar-refractivity contribution in [1.82, 2.24) is 30.7 Å². The van der Waals surface area contributed by atoms with Gasteiger partial charge in [-0.15, -0.1) is 0 Å². The molecular formula is C18H24N6O3. The molecule has 2 heterocycles. The van der Waals surface area contributed by atoms with E-state index in [1.165, 1.54) is 5.56 Å². The normalized spacial score (nSPS) is 17.5. The summed E-state index contributed by atoms with van der Waals surface area (Å²) in [5, 5.41) is 11.7. The number of hydrogen-bond acceptors (Lipinski definition) is 5. The van der Waals surface area contributed by atoms with Gasteiger partial charge in [0.25, 0.3) is 0 Å². The van der Waals surface area contributed by atoms with Crippen LogP contribution in [-0.2, 0) is 22.6 Å². The first-order chi connectivity index (χ1) is 13.0. The highest BCUT2D eigenvalue weighted by Gasteiger charge is 2.31. The minimum atomic E-state index is -0.497. The van der Waals surface area contributed by atoms with Crippen LogP contribution in [0.15, 0.2) is 29.1 Å². The Kier molecular flexibility index (Phi) is 6.02. The molecule has 2 aromatic rings. The van der Waals surface area contributed by atoms with Crippen molar-refractivity contribution >= 4 is 11.8 Å². The molecule has 1 aromatic heterocycles. The van der Waals surface area contributed by atoms with E-state index in [2.05, 4.69) is 25.8 Å². The van der Waals surface area contributed by atoms with Crippen LogP contribution in [0, 0.1) is 6.92 Å². The first-order valence-corrected chi connectivity index (χ1v) is 8.99. The maximum atomic E-state index is 12.3. The van der Waals surface area contributed by atoms with E-state index in [1.54, 1.807) is 0 Å². The molecule has 2 amide bonds. The molecule has 0 saturated carbocycles. The standard InChI is InChI=1S/C18H24N6O3/c1-12-4-2-3-5-13(12)11-24-9-8-20-17(26)14(24)10-16(25)19-7-6-15-21-18(27)23-22-15/h2-5,14H,6-11H2,1H3,(H,19,25)(H,20,26)(H2,21,22,23,27). The molecule has 1 aliphatic heterocycles. The second-order valence-corrected chi connectivity index (χ2v) is 6.63. The van der Waals surface area contributed by atoms with Gasteiger partial charge in [-0.05, 0) is 18.1 Å². The van der Waals surface area contributed by atoms with Crippen LogP contribution in [-0.4, -0.2) is 57.6 Å². The van der Waals surface area contributed by atoms with E-state index >= 15 is 0 Å². The highest BCUT2D eigenvalue weighted by molar-refractivity contribution is 5.88.